The Morgan fingerprint density at radius 2 is 2.04 bits per heavy atom. The van der Waals surface area contributed by atoms with Crippen molar-refractivity contribution >= 4 is 11.8 Å². The number of methoxy groups -OCH3 is 2. The number of likely N-dealkylation sites (N-methyl/N-ethyl adjacent to an activating group) is 1. The van der Waals surface area contributed by atoms with Gasteiger partial charge in [-0.05, 0) is 26.2 Å². The summed E-state index contributed by atoms with van der Waals surface area (Å²) in [5, 5.41) is 3.23. The maximum atomic E-state index is 5.63. The maximum absolute atomic E-state index is 5.63. The van der Waals surface area contributed by atoms with Crippen LogP contribution in [0.3, 0.4) is 0 Å². The predicted molar refractivity (Wildman–Crippen MR) is 101 cm³/mol. The number of aromatic nitrogens is 3. The van der Waals surface area contributed by atoms with Crippen molar-refractivity contribution in [1.82, 2.24) is 19.9 Å². The molecule has 2 aromatic heterocycles. The summed E-state index contributed by atoms with van der Waals surface area (Å²) in [5.41, 5.74) is 0.867. The Balaban J connectivity index is 1.66. The summed E-state index contributed by atoms with van der Waals surface area (Å²) in [7, 11) is 7.53. The lowest BCUT2D eigenvalue weighted by Gasteiger charge is -2.23. The fourth-order valence-electron chi connectivity index (χ4n) is 3.12. The zero-order chi connectivity index (χ0) is 18.5. The molecule has 1 aliphatic heterocycles. The highest BCUT2D eigenvalue weighted by Gasteiger charge is 2.34. The number of anilines is 2. The van der Waals surface area contributed by atoms with E-state index in [4.69, 9.17) is 9.47 Å². The van der Waals surface area contributed by atoms with Crippen LogP contribution in [-0.2, 0) is 11.3 Å². The van der Waals surface area contributed by atoms with Gasteiger partial charge in [0.1, 0.15) is 5.82 Å². The van der Waals surface area contributed by atoms with Gasteiger partial charge in [-0.1, -0.05) is 6.07 Å². The first kappa shape index (κ1) is 18.3. The normalized spacial score (nSPS) is 19.8. The van der Waals surface area contributed by atoms with E-state index < -0.39 is 0 Å². The van der Waals surface area contributed by atoms with Crippen LogP contribution in [0.5, 0.6) is 5.88 Å². The van der Waals surface area contributed by atoms with Crippen LogP contribution in [0.15, 0.2) is 30.5 Å². The summed E-state index contributed by atoms with van der Waals surface area (Å²) in [5.74, 6) is 2.07. The summed E-state index contributed by atoms with van der Waals surface area (Å²) in [6.07, 6.45) is 1.94. The Morgan fingerprint density at radius 1 is 1.19 bits per heavy atom. The Kier molecular flexibility index (Phi) is 5.85. The monoisotopic (exact) mass is 358 g/mol. The molecule has 3 heterocycles. The first-order valence-electron chi connectivity index (χ1n) is 8.61. The largest absolute Gasteiger partial charge is 0.481 e. The quantitative estimate of drug-likeness (QED) is 0.793. The summed E-state index contributed by atoms with van der Waals surface area (Å²) in [6.45, 7) is 2.22. The van der Waals surface area contributed by atoms with Crippen LogP contribution >= 0.6 is 0 Å². The second-order valence-corrected chi connectivity index (χ2v) is 6.47. The Bertz CT molecular complexity index is 726. The van der Waals surface area contributed by atoms with E-state index in [-0.39, 0.29) is 6.10 Å². The highest BCUT2D eigenvalue weighted by molar-refractivity contribution is 5.44. The topological polar surface area (TPSA) is 75.6 Å². The van der Waals surface area contributed by atoms with Gasteiger partial charge in [0, 0.05) is 32.5 Å². The van der Waals surface area contributed by atoms with Gasteiger partial charge in [-0.3, -0.25) is 0 Å². The number of ether oxygens (including phenoxy) is 2. The van der Waals surface area contributed by atoms with Gasteiger partial charge in [0.15, 0.2) is 0 Å². The van der Waals surface area contributed by atoms with Gasteiger partial charge in [0.05, 0.1) is 31.5 Å². The molecule has 3 rings (SSSR count). The third kappa shape index (κ3) is 4.20. The van der Waals surface area contributed by atoms with Crippen molar-refractivity contribution in [2.75, 3.05) is 51.6 Å². The van der Waals surface area contributed by atoms with E-state index in [0.29, 0.717) is 24.4 Å². The van der Waals surface area contributed by atoms with E-state index in [1.54, 1.807) is 20.4 Å². The Hall–Kier alpha value is -2.45. The molecule has 1 aliphatic rings. The lowest BCUT2D eigenvalue weighted by Crippen LogP contribution is -2.39. The van der Waals surface area contributed by atoms with Crippen LogP contribution in [-0.4, -0.2) is 73.4 Å². The fourth-order valence-corrected chi connectivity index (χ4v) is 3.12. The Labute approximate surface area is 154 Å². The zero-order valence-electron chi connectivity index (χ0n) is 15.7. The van der Waals surface area contributed by atoms with Gasteiger partial charge in [0.25, 0.3) is 0 Å². The molecule has 140 valence electrons. The van der Waals surface area contributed by atoms with Gasteiger partial charge in [0.2, 0.25) is 11.8 Å². The predicted octanol–water partition coefficient (Wildman–Crippen LogP) is 1.26. The first-order chi connectivity index (χ1) is 12.6. The standard InChI is InChI=1S/C18H26N6O2/c1-23(2)14-11-24(12-15(14)25-3)16-8-9-19-18(22-16)20-10-13-6-5-7-17(21-13)26-4/h5-9,14-15H,10-12H2,1-4H3,(H,19,20,22)/t14-,15+/m0/s1. The third-order valence-electron chi connectivity index (χ3n) is 4.59. The van der Waals surface area contributed by atoms with Crippen molar-refractivity contribution in [2.45, 2.75) is 18.7 Å². The molecule has 1 saturated heterocycles. The molecular formula is C18H26N6O2. The maximum Gasteiger partial charge on any atom is 0.224 e. The van der Waals surface area contributed by atoms with Crippen LogP contribution in [0.1, 0.15) is 5.69 Å². The van der Waals surface area contributed by atoms with Gasteiger partial charge in [-0.15, -0.1) is 0 Å². The second kappa shape index (κ2) is 8.29. The molecule has 0 unspecified atom stereocenters. The number of nitrogens with zero attached hydrogens (tertiary/aromatic N) is 5. The molecule has 2 atom stereocenters. The minimum Gasteiger partial charge on any atom is -0.481 e. The van der Waals surface area contributed by atoms with E-state index in [2.05, 4.69) is 44.2 Å². The van der Waals surface area contributed by atoms with Crippen LogP contribution in [0.25, 0.3) is 0 Å². The molecule has 1 N–H and O–H groups in total. The van der Waals surface area contributed by atoms with Gasteiger partial charge >= 0.3 is 0 Å². The highest BCUT2D eigenvalue weighted by atomic mass is 16.5. The average molecular weight is 358 g/mol. The van der Waals surface area contributed by atoms with Crippen molar-refractivity contribution in [2.24, 2.45) is 0 Å². The van der Waals surface area contributed by atoms with Gasteiger partial charge in [-0.2, -0.15) is 4.98 Å². The minimum atomic E-state index is 0.164. The van der Waals surface area contributed by atoms with Crippen LogP contribution < -0.4 is 15.0 Å². The minimum absolute atomic E-state index is 0.164. The van der Waals surface area contributed by atoms with Crippen molar-refractivity contribution < 1.29 is 9.47 Å². The lowest BCUT2D eigenvalue weighted by atomic mass is 10.2. The summed E-state index contributed by atoms with van der Waals surface area (Å²) < 4.78 is 10.8. The molecule has 0 spiro atoms. The lowest BCUT2D eigenvalue weighted by molar-refractivity contribution is 0.0639. The molecule has 0 saturated carbocycles. The average Bonchev–Trinajstić information content (AvgIpc) is 3.12. The molecule has 8 nitrogen and oxygen atoms in total. The molecular weight excluding hydrogens is 332 g/mol. The van der Waals surface area contributed by atoms with Crippen molar-refractivity contribution in [3.63, 3.8) is 0 Å². The fraction of sp³-hybridized carbons (Fsp3) is 0.500. The van der Waals surface area contributed by atoms with Crippen LogP contribution in [0.2, 0.25) is 0 Å². The number of hydrogen-bond acceptors (Lipinski definition) is 8. The Morgan fingerprint density at radius 3 is 2.73 bits per heavy atom. The molecule has 0 radical (unpaired) electrons. The molecule has 8 heteroatoms. The summed E-state index contributed by atoms with van der Waals surface area (Å²) >= 11 is 0. The number of rotatable bonds is 7. The van der Waals surface area contributed by atoms with Crippen molar-refractivity contribution in [1.29, 1.82) is 0 Å². The number of hydrogen-bond donors (Lipinski definition) is 1. The van der Waals surface area contributed by atoms with Crippen molar-refractivity contribution in [3.8, 4) is 5.88 Å². The van der Waals surface area contributed by atoms with E-state index in [1.165, 1.54) is 0 Å². The molecule has 0 aliphatic carbocycles. The SMILES string of the molecule is COc1cccc(CNc2nccc(N3C[C@@H](OC)[C@@H](N(C)C)C3)n2)n1. The second-order valence-electron chi connectivity index (χ2n) is 6.47. The van der Waals surface area contributed by atoms with E-state index >= 15 is 0 Å². The van der Waals surface area contributed by atoms with Crippen LogP contribution in [0.4, 0.5) is 11.8 Å². The third-order valence-corrected chi connectivity index (χ3v) is 4.59. The molecule has 2 aromatic rings. The summed E-state index contributed by atoms with van der Waals surface area (Å²) in [4.78, 5) is 17.8. The van der Waals surface area contributed by atoms with E-state index in [1.807, 2.05) is 24.3 Å². The molecule has 0 amide bonds. The molecule has 0 bridgehead atoms. The smallest absolute Gasteiger partial charge is 0.224 e. The first-order valence-corrected chi connectivity index (χ1v) is 8.61. The molecule has 26 heavy (non-hydrogen) atoms. The van der Waals surface area contributed by atoms with E-state index in [9.17, 15) is 0 Å². The highest BCUT2D eigenvalue weighted by Crippen LogP contribution is 2.23. The van der Waals surface area contributed by atoms with Crippen molar-refractivity contribution in [3.05, 3.63) is 36.2 Å². The molecule has 1 fully saturated rings. The van der Waals surface area contributed by atoms with Crippen LogP contribution in [0, 0.1) is 0 Å². The van der Waals surface area contributed by atoms with Gasteiger partial charge in [-0.25, -0.2) is 9.97 Å². The summed E-state index contributed by atoms with van der Waals surface area (Å²) in [6, 6.07) is 7.94. The number of nitrogens with one attached hydrogen (secondary N) is 1. The zero-order valence-corrected chi connectivity index (χ0v) is 15.7. The number of pyridine rings is 1. The molecule has 0 aromatic carbocycles. The van der Waals surface area contributed by atoms with Gasteiger partial charge < -0.3 is 24.6 Å². The van der Waals surface area contributed by atoms with E-state index in [0.717, 1.165) is 24.6 Å².